The Hall–Kier alpha value is -1.50. The number of aromatic nitrogens is 2. The minimum atomic E-state index is 0. The van der Waals surface area contributed by atoms with Crippen molar-refractivity contribution < 1.29 is 4.79 Å². The number of hydrogen-bond acceptors (Lipinski definition) is 5. The van der Waals surface area contributed by atoms with E-state index in [2.05, 4.69) is 21.7 Å². The van der Waals surface area contributed by atoms with E-state index in [4.69, 9.17) is 5.73 Å². The summed E-state index contributed by atoms with van der Waals surface area (Å²) in [5.41, 5.74) is 7.13. The zero-order valence-corrected chi connectivity index (χ0v) is 13.0. The molecule has 5 nitrogen and oxygen atoms in total. The molecule has 7 heteroatoms. The van der Waals surface area contributed by atoms with Gasteiger partial charge in [0.25, 0.3) is 5.91 Å². The normalized spacial score (nSPS) is 21.1. The first kappa shape index (κ1) is 15.9. The largest absolute Gasteiger partial charge is 0.337 e. The molecule has 0 saturated carbocycles. The highest BCUT2D eigenvalue weighted by molar-refractivity contribution is 7.07. The van der Waals surface area contributed by atoms with Crippen molar-refractivity contribution in [3.63, 3.8) is 0 Å². The maximum absolute atomic E-state index is 12.4. The molecule has 112 valence electrons. The number of benzene rings is 1. The van der Waals surface area contributed by atoms with Crippen molar-refractivity contribution >= 4 is 29.8 Å². The number of nitrogens with zero attached hydrogens (tertiary/aromatic N) is 3. The van der Waals surface area contributed by atoms with Crippen LogP contribution >= 0.6 is 23.9 Å². The summed E-state index contributed by atoms with van der Waals surface area (Å²) in [5.74, 6) is 0.630. The Bertz CT molecular complexity index is 578. The smallest absolute Gasteiger partial charge is 0.267 e. The van der Waals surface area contributed by atoms with Gasteiger partial charge >= 0.3 is 0 Å². The van der Waals surface area contributed by atoms with Gasteiger partial charge < -0.3 is 10.6 Å². The molecular weight excluding hydrogens is 308 g/mol. The van der Waals surface area contributed by atoms with E-state index in [0.717, 1.165) is 11.5 Å². The first-order valence-corrected chi connectivity index (χ1v) is 7.38. The Balaban J connectivity index is 0.00000161. The second-order valence-corrected chi connectivity index (χ2v) is 5.79. The van der Waals surface area contributed by atoms with Crippen LogP contribution in [0.25, 0.3) is 0 Å². The number of carbonyl (C=O) groups is 1. The maximum atomic E-state index is 12.4. The predicted molar refractivity (Wildman–Crippen MR) is 84.8 cm³/mol. The Labute approximate surface area is 133 Å². The van der Waals surface area contributed by atoms with Gasteiger partial charge in [-0.2, -0.15) is 0 Å². The van der Waals surface area contributed by atoms with Crippen molar-refractivity contribution in [3.8, 4) is 0 Å². The first-order chi connectivity index (χ1) is 9.79. The molecule has 2 aromatic rings. The minimum absolute atomic E-state index is 0. The molecule has 0 unspecified atom stereocenters. The predicted octanol–water partition coefficient (Wildman–Crippen LogP) is 1.77. The van der Waals surface area contributed by atoms with Gasteiger partial charge in [-0.25, -0.2) is 0 Å². The quantitative estimate of drug-likeness (QED) is 0.934. The summed E-state index contributed by atoms with van der Waals surface area (Å²) in [6.07, 6.45) is 1.53. The zero-order chi connectivity index (χ0) is 13.9. The molecule has 21 heavy (non-hydrogen) atoms. The molecule has 2 N–H and O–H groups in total. The van der Waals surface area contributed by atoms with E-state index in [1.54, 1.807) is 0 Å². The van der Waals surface area contributed by atoms with Gasteiger partial charge in [0.15, 0.2) is 0 Å². The van der Waals surface area contributed by atoms with Crippen LogP contribution in [0.1, 0.15) is 21.2 Å². The van der Waals surface area contributed by atoms with E-state index in [0.29, 0.717) is 36.3 Å². The molecule has 1 aromatic heterocycles. The van der Waals surface area contributed by atoms with Gasteiger partial charge in [-0.15, -0.1) is 17.5 Å². The standard InChI is InChI=1S/C14H16N4OS.ClH/c15-6-11-8-18(14(19)13-7-16-17-20-13)9-12(11)10-4-2-1-3-5-10;/h1-5,7,11-12H,6,8-9,15H2;1H/t11-,12+;/m1./s1. The summed E-state index contributed by atoms with van der Waals surface area (Å²) < 4.78 is 3.75. The van der Waals surface area contributed by atoms with E-state index < -0.39 is 0 Å². The van der Waals surface area contributed by atoms with Crippen molar-refractivity contribution in [1.82, 2.24) is 14.5 Å². The Kier molecular flexibility index (Phi) is 5.27. The van der Waals surface area contributed by atoms with Gasteiger partial charge in [-0.05, 0) is 29.6 Å². The highest BCUT2D eigenvalue weighted by atomic mass is 35.5. The molecule has 3 rings (SSSR count). The molecule has 1 aromatic carbocycles. The summed E-state index contributed by atoms with van der Waals surface area (Å²) in [5, 5.41) is 3.73. The van der Waals surface area contributed by atoms with Crippen molar-refractivity contribution in [2.24, 2.45) is 11.7 Å². The lowest BCUT2D eigenvalue weighted by Crippen LogP contribution is -2.29. The lowest BCUT2D eigenvalue weighted by atomic mass is 9.89. The van der Waals surface area contributed by atoms with Crippen molar-refractivity contribution in [2.75, 3.05) is 19.6 Å². The SMILES string of the molecule is Cl.NC[C@@H]1CN(C(=O)c2cnns2)C[C@H]1c1ccccc1. The third kappa shape index (κ3) is 3.23. The number of likely N-dealkylation sites (tertiary alicyclic amines) is 1. The van der Waals surface area contributed by atoms with E-state index in [9.17, 15) is 4.79 Å². The molecule has 0 aliphatic carbocycles. The van der Waals surface area contributed by atoms with Crippen molar-refractivity contribution in [2.45, 2.75) is 5.92 Å². The lowest BCUT2D eigenvalue weighted by molar-refractivity contribution is 0.0791. The molecule has 1 aliphatic heterocycles. The fourth-order valence-corrected chi connectivity index (χ4v) is 3.25. The van der Waals surface area contributed by atoms with Crippen LogP contribution in [0.15, 0.2) is 36.5 Å². The fourth-order valence-electron chi connectivity index (χ4n) is 2.77. The minimum Gasteiger partial charge on any atom is -0.337 e. The van der Waals surface area contributed by atoms with Crippen LogP contribution in [0.2, 0.25) is 0 Å². The number of rotatable bonds is 3. The molecule has 1 saturated heterocycles. The Morgan fingerprint density at radius 2 is 2.10 bits per heavy atom. The highest BCUT2D eigenvalue weighted by Gasteiger charge is 2.35. The lowest BCUT2D eigenvalue weighted by Gasteiger charge is -2.16. The second kappa shape index (κ2) is 6.98. The van der Waals surface area contributed by atoms with Gasteiger partial charge in [0.2, 0.25) is 0 Å². The fraction of sp³-hybridized carbons (Fsp3) is 0.357. The van der Waals surface area contributed by atoms with Gasteiger partial charge in [0, 0.05) is 19.0 Å². The van der Waals surface area contributed by atoms with E-state index in [-0.39, 0.29) is 18.3 Å². The molecule has 0 radical (unpaired) electrons. The Morgan fingerprint density at radius 1 is 1.33 bits per heavy atom. The number of amides is 1. The highest BCUT2D eigenvalue weighted by Crippen LogP contribution is 2.32. The molecule has 2 atom stereocenters. The van der Waals surface area contributed by atoms with Crippen LogP contribution < -0.4 is 5.73 Å². The monoisotopic (exact) mass is 324 g/mol. The van der Waals surface area contributed by atoms with Gasteiger partial charge in [0.1, 0.15) is 4.88 Å². The molecule has 2 heterocycles. The zero-order valence-electron chi connectivity index (χ0n) is 11.4. The average Bonchev–Trinajstić information content (AvgIpc) is 3.17. The summed E-state index contributed by atoms with van der Waals surface area (Å²) in [6, 6.07) is 10.3. The van der Waals surface area contributed by atoms with Crippen LogP contribution in [0, 0.1) is 5.92 Å². The number of nitrogens with two attached hydrogens (primary N) is 1. The van der Waals surface area contributed by atoms with Crippen LogP contribution in [0.3, 0.4) is 0 Å². The van der Waals surface area contributed by atoms with Crippen LogP contribution in [-0.4, -0.2) is 40.0 Å². The topological polar surface area (TPSA) is 72.1 Å². The summed E-state index contributed by atoms with van der Waals surface area (Å²) in [6.45, 7) is 2.00. The van der Waals surface area contributed by atoms with Gasteiger partial charge in [-0.1, -0.05) is 34.8 Å². The van der Waals surface area contributed by atoms with E-state index in [1.807, 2.05) is 23.1 Å². The van der Waals surface area contributed by atoms with E-state index >= 15 is 0 Å². The summed E-state index contributed by atoms with van der Waals surface area (Å²) in [4.78, 5) is 14.8. The number of carbonyl (C=O) groups excluding carboxylic acids is 1. The maximum Gasteiger partial charge on any atom is 0.267 e. The Morgan fingerprint density at radius 3 is 2.71 bits per heavy atom. The van der Waals surface area contributed by atoms with Gasteiger partial charge in [-0.3, -0.25) is 4.79 Å². The third-order valence-corrected chi connectivity index (χ3v) is 4.48. The summed E-state index contributed by atoms with van der Waals surface area (Å²) in [7, 11) is 0. The molecule has 0 bridgehead atoms. The number of halogens is 1. The van der Waals surface area contributed by atoms with Gasteiger partial charge in [0.05, 0.1) is 6.20 Å². The third-order valence-electron chi connectivity index (χ3n) is 3.83. The van der Waals surface area contributed by atoms with Crippen molar-refractivity contribution in [3.05, 3.63) is 47.0 Å². The molecule has 1 aliphatic rings. The van der Waals surface area contributed by atoms with E-state index in [1.165, 1.54) is 11.8 Å². The molecule has 0 spiro atoms. The second-order valence-electron chi connectivity index (χ2n) is 5.00. The summed E-state index contributed by atoms with van der Waals surface area (Å²) >= 11 is 1.14. The first-order valence-electron chi connectivity index (χ1n) is 6.61. The van der Waals surface area contributed by atoms with Crippen LogP contribution in [0.4, 0.5) is 0 Å². The molecule has 1 amide bonds. The molecule has 1 fully saturated rings. The van der Waals surface area contributed by atoms with Crippen LogP contribution in [-0.2, 0) is 0 Å². The average molecular weight is 325 g/mol. The number of hydrogen-bond donors (Lipinski definition) is 1. The van der Waals surface area contributed by atoms with Crippen LogP contribution in [0.5, 0.6) is 0 Å². The molecular formula is C14H17ClN4OS. The van der Waals surface area contributed by atoms with Crippen molar-refractivity contribution in [1.29, 1.82) is 0 Å².